The number of rotatable bonds is 2. The zero-order chi connectivity index (χ0) is 8.97. The first-order valence-corrected chi connectivity index (χ1v) is 4.24. The number of ether oxygens (including phenoxy) is 1. The molecule has 0 aliphatic carbocycles. The molecule has 0 heterocycles. The molecule has 0 aliphatic rings. The van der Waals surface area contributed by atoms with Crippen LogP contribution < -0.4 is 4.74 Å². The molecule has 0 aromatic heterocycles. The average molecular weight is 203 g/mol. The van der Waals surface area contributed by atoms with Crippen LogP contribution in [0.4, 0.5) is 0 Å². The number of benzene rings is 1. The van der Waals surface area contributed by atoms with Crippen molar-refractivity contribution in [1.29, 1.82) is 0 Å². The van der Waals surface area contributed by atoms with Crippen molar-refractivity contribution in [2.75, 3.05) is 0 Å². The lowest BCUT2D eigenvalue weighted by molar-refractivity contribution is 0.463. The molecule has 0 unspecified atom stereocenters. The molecule has 1 aromatic carbocycles. The molecule has 3 heteroatoms. The van der Waals surface area contributed by atoms with Gasteiger partial charge in [0.1, 0.15) is 5.75 Å². The fourth-order valence-corrected chi connectivity index (χ4v) is 0.947. The van der Waals surface area contributed by atoms with Gasteiger partial charge < -0.3 is 4.74 Å². The minimum atomic E-state index is 0.169. The summed E-state index contributed by atoms with van der Waals surface area (Å²) in [5, 5.41) is 0.169. The highest BCUT2D eigenvalue weighted by Crippen LogP contribution is 2.17. The Morgan fingerprint density at radius 3 is 2.83 bits per heavy atom. The van der Waals surface area contributed by atoms with E-state index in [2.05, 4.69) is 0 Å². The zero-order valence-corrected chi connectivity index (χ0v) is 8.06. The van der Waals surface area contributed by atoms with E-state index in [1.165, 1.54) is 5.54 Å². The van der Waals surface area contributed by atoms with Gasteiger partial charge in [0.05, 0.1) is 5.54 Å². The number of halogens is 2. The second kappa shape index (κ2) is 4.39. The van der Waals surface area contributed by atoms with E-state index in [1.807, 2.05) is 31.2 Å². The summed E-state index contributed by atoms with van der Waals surface area (Å²) in [6.45, 7) is 1.98. The molecule has 0 saturated heterocycles. The molecule has 1 rings (SSSR count). The van der Waals surface area contributed by atoms with Gasteiger partial charge in [-0.05, 0) is 36.2 Å². The average Bonchev–Trinajstić information content (AvgIpc) is 2.04. The molecule has 1 nitrogen and oxygen atoms in total. The number of hydrogen-bond donors (Lipinski definition) is 0. The van der Waals surface area contributed by atoms with Gasteiger partial charge in [0.25, 0.3) is 0 Å². The molecule has 0 radical (unpaired) electrons. The summed E-state index contributed by atoms with van der Waals surface area (Å²) in [6.07, 6.45) is 0. The van der Waals surface area contributed by atoms with Crippen molar-refractivity contribution in [3.8, 4) is 5.75 Å². The summed E-state index contributed by atoms with van der Waals surface area (Å²) in [5.74, 6) is 0.692. The van der Waals surface area contributed by atoms with Gasteiger partial charge in [-0.25, -0.2) is 0 Å². The minimum Gasteiger partial charge on any atom is -0.444 e. The maximum absolute atomic E-state index is 5.56. The highest BCUT2D eigenvalue weighted by molar-refractivity contribution is 6.35. The molecule has 0 saturated carbocycles. The van der Waals surface area contributed by atoms with E-state index >= 15 is 0 Å². The van der Waals surface area contributed by atoms with Gasteiger partial charge in [-0.3, -0.25) is 0 Å². The van der Waals surface area contributed by atoms with Crippen LogP contribution in [0.5, 0.6) is 5.75 Å². The van der Waals surface area contributed by atoms with Crippen LogP contribution in [0.1, 0.15) is 5.56 Å². The van der Waals surface area contributed by atoms with Crippen molar-refractivity contribution < 1.29 is 4.74 Å². The molecule has 0 N–H and O–H groups in total. The predicted molar refractivity (Wildman–Crippen MR) is 51.6 cm³/mol. The van der Waals surface area contributed by atoms with Gasteiger partial charge >= 0.3 is 0 Å². The molecule has 0 atom stereocenters. The van der Waals surface area contributed by atoms with E-state index in [9.17, 15) is 0 Å². The third-order valence-corrected chi connectivity index (χ3v) is 1.79. The maximum Gasteiger partial charge on any atom is 0.205 e. The smallest absolute Gasteiger partial charge is 0.205 e. The first-order chi connectivity index (χ1) is 5.72. The topological polar surface area (TPSA) is 9.23 Å². The number of hydrogen-bond acceptors (Lipinski definition) is 1. The molecular formula is C9H8Cl2O. The Morgan fingerprint density at radius 2 is 2.25 bits per heavy atom. The van der Waals surface area contributed by atoms with Crippen LogP contribution in [0.2, 0.25) is 0 Å². The Bertz CT molecular complexity index is 294. The first-order valence-electron chi connectivity index (χ1n) is 3.43. The molecule has 0 fully saturated rings. The van der Waals surface area contributed by atoms with E-state index in [-0.39, 0.29) is 5.22 Å². The molecule has 0 bridgehead atoms. The van der Waals surface area contributed by atoms with Gasteiger partial charge in [-0.1, -0.05) is 23.7 Å². The highest BCUT2D eigenvalue weighted by Gasteiger charge is 1.95. The summed E-state index contributed by atoms with van der Waals surface area (Å²) in [5.41, 5.74) is 2.30. The Hall–Kier alpha value is -0.660. The van der Waals surface area contributed by atoms with Crippen molar-refractivity contribution in [2.24, 2.45) is 0 Å². The van der Waals surface area contributed by atoms with Crippen LogP contribution in [-0.4, -0.2) is 0 Å². The lowest BCUT2D eigenvalue weighted by Gasteiger charge is -2.02. The van der Waals surface area contributed by atoms with E-state index < -0.39 is 0 Å². The van der Waals surface area contributed by atoms with Crippen molar-refractivity contribution in [3.05, 3.63) is 40.6 Å². The van der Waals surface area contributed by atoms with Crippen LogP contribution in [0.15, 0.2) is 35.0 Å². The summed E-state index contributed by atoms with van der Waals surface area (Å²) in [4.78, 5) is 0. The van der Waals surface area contributed by atoms with Gasteiger partial charge in [0, 0.05) is 0 Å². The second-order valence-corrected chi connectivity index (χ2v) is 2.92. The predicted octanol–water partition coefficient (Wildman–Crippen LogP) is 3.65. The molecule has 0 spiro atoms. The quantitative estimate of drug-likeness (QED) is 0.666. The normalized spacial score (nSPS) is 11.4. The van der Waals surface area contributed by atoms with E-state index in [4.69, 9.17) is 27.9 Å². The second-order valence-electron chi connectivity index (χ2n) is 2.33. The monoisotopic (exact) mass is 202 g/mol. The van der Waals surface area contributed by atoms with Gasteiger partial charge in [-0.2, -0.15) is 0 Å². The Kier molecular flexibility index (Phi) is 3.45. The van der Waals surface area contributed by atoms with Crippen molar-refractivity contribution in [1.82, 2.24) is 0 Å². The Labute approximate surface area is 81.6 Å². The molecule has 64 valence electrons. The standard InChI is InChI=1S/C9H8Cl2O/c1-7-3-2-4-8(5-7)12-9(11)6-10/h2-6H,1H3/b9-6-. The molecular weight excluding hydrogens is 195 g/mol. The minimum absolute atomic E-state index is 0.169. The summed E-state index contributed by atoms with van der Waals surface area (Å²) >= 11 is 10.9. The van der Waals surface area contributed by atoms with Crippen molar-refractivity contribution in [3.63, 3.8) is 0 Å². The fraction of sp³-hybridized carbons (Fsp3) is 0.111. The van der Waals surface area contributed by atoms with Crippen molar-refractivity contribution >= 4 is 23.2 Å². The largest absolute Gasteiger partial charge is 0.444 e. The van der Waals surface area contributed by atoms with Crippen LogP contribution in [-0.2, 0) is 0 Å². The zero-order valence-electron chi connectivity index (χ0n) is 6.55. The fourth-order valence-electron chi connectivity index (χ4n) is 0.814. The third-order valence-electron chi connectivity index (χ3n) is 1.29. The SMILES string of the molecule is Cc1cccc(O/C(Cl)=C\Cl)c1. The van der Waals surface area contributed by atoms with Gasteiger partial charge in [0.15, 0.2) is 0 Å². The molecule has 0 aliphatic heterocycles. The summed E-state index contributed by atoms with van der Waals surface area (Å²) in [6, 6.07) is 7.56. The lowest BCUT2D eigenvalue weighted by atomic mass is 10.2. The Balaban J connectivity index is 2.76. The maximum atomic E-state index is 5.56. The third kappa shape index (κ3) is 2.76. The summed E-state index contributed by atoms with van der Waals surface area (Å²) in [7, 11) is 0. The van der Waals surface area contributed by atoms with Crippen LogP contribution in [0, 0.1) is 6.92 Å². The van der Waals surface area contributed by atoms with E-state index in [0.29, 0.717) is 5.75 Å². The molecule has 0 amide bonds. The lowest BCUT2D eigenvalue weighted by Crippen LogP contribution is -1.86. The molecule has 1 aromatic rings. The van der Waals surface area contributed by atoms with Crippen LogP contribution >= 0.6 is 23.2 Å². The first kappa shape index (κ1) is 9.43. The van der Waals surface area contributed by atoms with E-state index in [0.717, 1.165) is 5.56 Å². The highest BCUT2D eigenvalue weighted by atomic mass is 35.5. The van der Waals surface area contributed by atoms with E-state index in [1.54, 1.807) is 0 Å². The van der Waals surface area contributed by atoms with Crippen LogP contribution in [0.25, 0.3) is 0 Å². The number of aryl methyl sites for hydroxylation is 1. The Morgan fingerprint density at radius 1 is 1.50 bits per heavy atom. The van der Waals surface area contributed by atoms with Crippen molar-refractivity contribution in [2.45, 2.75) is 6.92 Å². The van der Waals surface area contributed by atoms with Gasteiger partial charge in [0.2, 0.25) is 5.22 Å². The van der Waals surface area contributed by atoms with Gasteiger partial charge in [-0.15, -0.1) is 0 Å². The molecule has 12 heavy (non-hydrogen) atoms. The summed E-state index contributed by atoms with van der Waals surface area (Å²) < 4.78 is 5.14. The van der Waals surface area contributed by atoms with Crippen LogP contribution in [0.3, 0.4) is 0 Å².